The van der Waals surface area contributed by atoms with Crippen LogP contribution in [-0.4, -0.2) is 108 Å². The van der Waals surface area contributed by atoms with E-state index < -0.39 is 85.2 Å². The first-order valence-electron chi connectivity index (χ1n) is 13.7. The summed E-state index contributed by atoms with van der Waals surface area (Å²) in [5, 5.41) is 30.0. The first kappa shape index (κ1) is 42.7. The maximum atomic E-state index is 12.6. The summed E-state index contributed by atoms with van der Waals surface area (Å²) in [4.78, 5) is 43.9. The van der Waals surface area contributed by atoms with Crippen molar-refractivity contribution in [2.45, 2.75) is 49.9 Å². The van der Waals surface area contributed by atoms with Gasteiger partial charge in [-0.25, -0.2) is 13.9 Å². The van der Waals surface area contributed by atoms with E-state index in [0.29, 0.717) is 17.0 Å². The molecule has 0 amide bonds. The van der Waals surface area contributed by atoms with Gasteiger partial charge in [0.1, 0.15) is 24.0 Å². The third-order valence-electron chi connectivity index (χ3n) is 6.81. The Morgan fingerprint density at radius 1 is 1.12 bits per heavy atom. The molecule has 3 aromatic rings. The number of aliphatic hydroxyl groups is 2. The number of carboxylic acids is 1. The van der Waals surface area contributed by atoms with Gasteiger partial charge in [-0.15, -0.1) is 0 Å². The van der Waals surface area contributed by atoms with Crippen LogP contribution in [-0.2, 0) is 94.8 Å². The van der Waals surface area contributed by atoms with Crippen molar-refractivity contribution in [1.29, 1.82) is 0 Å². The first-order valence-corrected chi connectivity index (χ1v) is 19.2. The van der Waals surface area contributed by atoms with Crippen LogP contribution in [0.5, 0.6) is 0 Å². The number of phosphoric acid groups is 2. The van der Waals surface area contributed by atoms with Gasteiger partial charge in [0.2, 0.25) is 0 Å². The van der Waals surface area contributed by atoms with Gasteiger partial charge < -0.3 is 53.6 Å². The van der Waals surface area contributed by atoms with Crippen molar-refractivity contribution >= 4 is 40.1 Å². The molecule has 2 aliphatic heterocycles. The molecular formula is C24H31N5O15P3WY-. The van der Waals surface area contributed by atoms with Gasteiger partial charge in [-0.2, -0.15) is 8.88 Å². The standard InChI is InChI=1S/C24H31N5O15P3.W.Y/c1-13-27-16-8-25-12-26-21(16)29(13)22-17(43-45(2,3)34)7-15(41-22)10-39-46(35,36)44-47(37,38)40-11-18-19(30)20(31)23(42-18)28-6-4-5-14(9-28)24(32)33;;/h4-7,9,12,15,17-20,22-23,30-31H,10-11H2,1-3H3,(H,32,33)(H,35,36)(H,37,38);;/q-1;;/t15-,17?,18+,19-,20?,22+,23+;;/m0../s1. The van der Waals surface area contributed by atoms with Crippen LogP contribution >= 0.6 is 23.0 Å². The number of pyridine rings is 1. The molecule has 5 N–H and O–H groups in total. The van der Waals surface area contributed by atoms with Crippen molar-refractivity contribution in [2.75, 3.05) is 26.5 Å². The number of aliphatic hydroxyl groups excluding tert-OH is 2. The van der Waals surface area contributed by atoms with E-state index in [1.165, 1.54) is 53.5 Å². The van der Waals surface area contributed by atoms with Crippen LogP contribution < -0.4 is 4.57 Å². The number of hydrogen-bond acceptors (Lipinski definition) is 15. The number of aromatic nitrogens is 5. The number of aromatic carboxylic acids is 1. The quantitative estimate of drug-likeness (QED) is 0.0887. The second kappa shape index (κ2) is 16.9. The summed E-state index contributed by atoms with van der Waals surface area (Å²) < 4.78 is 71.5. The Kier molecular flexibility index (Phi) is 14.7. The fourth-order valence-electron chi connectivity index (χ4n) is 4.90. The zero-order valence-electron chi connectivity index (χ0n) is 25.8. The molecule has 4 unspecified atom stereocenters. The molecular weight excluding hydrogens is 964 g/mol. The topological polar surface area (TPSA) is 272 Å². The molecule has 0 aromatic carbocycles. The minimum Gasteiger partial charge on any atom is -0.477 e. The smallest absolute Gasteiger partial charge is 0.477 e. The normalized spacial score (nSPS) is 27.9. The Hall–Kier alpha value is -0.748. The minimum absolute atomic E-state index is 0. The molecule has 5 heterocycles. The number of carboxylic acid groups (broad SMARTS) is 1. The number of carbonyl (C=O) groups is 1. The SMILES string of the molecule is Cc1nc2[c-]ncnc2n1[C@@H]1O[C@H](COP(=O)(O)OP(=O)(O)OC[C@H]2O[C@@H]([n+]3cccc(C(=O)O)c3)C(O)[C@H]2O)[CH-]C1OP(C)(C)=O.[W].[Y]. The number of hydrogen-bond donors (Lipinski definition) is 5. The van der Waals surface area contributed by atoms with Gasteiger partial charge in [-0.05, 0) is 31.4 Å². The predicted octanol–water partition coefficient (Wildman–Crippen LogP) is 0.510. The van der Waals surface area contributed by atoms with E-state index in [-0.39, 0.29) is 59.3 Å². The Morgan fingerprint density at radius 3 is 2.45 bits per heavy atom. The molecule has 5 rings (SSSR count). The molecule has 49 heavy (non-hydrogen) atoms. The fraction of sp³-hybridized carbons (Fsp3) is 0.500. The van der Waals surface area contributed by atoms with Gasteiger partial charge in [-0.3, -0.25) is 25.0 Å². The van der Waals surface area contributed by atoms with Crippen molar-refractivity contribution in [3.63, 3.8) is 0 Å². The van der Waals surface area contributed by atoms with Gasteiger partial charge in [-0.1, -0.05) is 0 Å². The van der Waals surface area contributed by atoms with E-state index in [4.69, 9.17) is 23.0 Å². The monoisotopic (exact) mass is 995 g/mol. The Labute approximate surface area is 318 Å². The Bertz CT molecular complexity index is 1780. The minimum atomic E-state index is -5.35. The van der Waals surface area contributed by atoms with Crippen molar-refractivity contribution in [3.8, 4) is 0 Å². The van der Waals surface area contributed by atoms with Crippen LogP contribution in [0.3, 0.4) is 0 Å². The number of imidazole rings is 1. The summed E-state index contributed by atoms with van der Waals surface area (Å²) in [5.41, 5.74) is 0.505. The van der Waals surface area contributed by atoms with Crippen LogP contribution in [0.1, 0.15) is 28.6 Å². The first-order chi connectivity index (χ1) is 21.9. The Morgan fingerprint density at radius 2 is 1.80 bits per heavy atom. The molecule has 3 aromatic heterocycles. The second-order valence-electron chi connectivity index (χ2n) is 10.8. The van der Waals surface area contributed by atoms with Crippen molar-refractivity contribution in [2.24, 2.45) is 0 Å². The van der Waals surface area contributed by atoms with Crippen molar-refractivity contribution in [1.82, 2.24) is 19.5 Å². The van der Waals surface area contributed by atoms with Crippen LogP contribution in [0.2, 0.25) is 0 Å². The molecule has 0 spiro atoms. The van der Waals surface area contributed by atoms with Crippen LogP contribution in [0.4, 0.5) is 0 Å². The average Bonchev–Trinajstić information content (AvgIpc) is 3.61. The van der Waals surface area contributed by atoms with E-state index in [0.717, 1.165) is 6.20 Å². The van der Waals surface area contributed by atoms with Gasteiger partial charge in [0.15, 0.2) is 25.9 Å². The van der Waals surface area contributed by atoms with Gasteiger partial charge in [0.05, 0.1) is 24.7 Å². The van der Waals surface area contributed by atoms with E-state index in [1.807, 2.05) is 0 Å². The summed E-state index contributed by atoms with van der Waals surface area (Å²) in [7, 11) is -13.8. The molecule has 2 fully saturated rings. The molecule has 0 saturated carbocycles. The number of nitrogens with zero attached hydrogens (tertiary/aromatic N) is 5. The second-order valence-corrected chi connectivity index (χ2v) is 16.5. The van der Waals surface area contributed by atoms with Gasteiger partial charge >= 0.3 is 21.6 Å². The number of ether oxygens (including phenoxy) is 2. The zero-order valence-corrected chi connectivity index (χ0v) is 34.3. The maximum Gasteiger partial charge on any atom is 0.481 e. The number of phosphoric ester groups is 2. The zero-order chi connectivity index (χ0) is 34.3. The number of rotatable bonds is 13. The van der Waals surface area contributed by atoms with Crippen molar-refractivity contribution in [3.05, 3.63) is 54.9 Å². The molecule has 20 nitrogen and oxygen atoms in total. The van der Waals surface area contributed by atoms with E-state index in [1.54, 1.807) is 6.92 Å². The molecule has 1 radical (unpaired) electrons. The van der Waals surface area contributed by atoms with Crippen LogP contribution in [0, 0.1) is 19.5 Å². The third-order valence-corrected chi connectivity index (χ3v) is 10.2. The van der Waals surface area contributed by atoms with Gasteiger partial charge in [0.25, 0.3) is 6.23 Å². The fourth-order valence-corrected chi connectivity index (χ4v) is 7.76. The van der Waals surface area contributed by atoms with Crippen LogP contribution in [0.25, 0.3) is 11.2 Å². The number of aryl methyl sites for hydroxylation is 1. The van der Waals surface area contributed by atoms with E-state index in [9.17, 15) is 43.6 Å². The maximum absolute atomic E-state index is 12.6. The summed E-state index contributed by atoms with van der Waals surface area (Å²) in [6.45, 7) is 2.83. The molecule has 267 valence electrons. The van der Waals surface area contributed by atoms with E-state index in [2.05, 4.69) is 25.5 Å². The predicted molar refractivity (Wildman–Crippen MR) is 154 cm³/mol. The van der Waals surface area contributed by atoms with Gasteiger partial charge in [0, 0.05) is 85.0 Å². The third kappa shape index (κ3) is 10.7. The molecule has 2 aliphatic rings. The largest absolute Gasteiger partial charge is 0.481 e. The summed E-state index contributed by atoms with van der Waals surface area (Å²) in [6.07, 6.45) is -1.20. The summed E-state index contributed by atoms with van der Waals surface area (Å²) in [5.74, 6) is -0.834. The molecule has 2 saturated heterocycles. The summed E-state index contributed by atoms with van der Waals surface area (Å²) in [6, 6.07) is 2.66. The van der Waals surface area contributed by atoms with Crippen LogP contribution in [0.15, 0.2) is 30.9 Å². The Balaban J connectivity index is 0.00000325. The van der Waals surface area contributed by atoms with E-state index >= 15 is 0 Å². The summed E-state index contributed by atoms with van der Waals surface area (Å²) >= 11 is 0. The average molecular weight is 995 g/mol. The van der Waals surface area contributed by atoms with Crippen molar-refractivity contribution < 1.29 is 129 Å². The molecule has 0 bridgehead atoms. The molecule has 25 heteroatoms. The molecule has 9 atom stereocenters. The molecule has 0 aliphatic carbocycles. The number of fused-ring (bicyclic) bond motifs is 1.